The Morgan fingerprint density at radius 1 is 1.25 bits per heavy atom. The van der Waals surface area contributed by atoms with E-state index in [1.54, 1.807) is 0 Å². The third kappa shape index (κ3) is 5.98. The van der Waals surface area contributed by atoms with E-state index in [4.69, 9.17) is 27.9 Å². The number of esters is 1. The van der Waals surface area contributed by atoms with Crippen LogP contribution in [0.25, 0.3) is 0 Å². The number of amides is 2. The van der Waals surface area contributed by atoms with E-state index < -0.39 is 30.3 Å². The van der Waals surface area contributed by atoms with Crippen molar-refractivity contribution in [2.75, 3.05) is 13.2 Å². The lowest BCUT2D eigenvalue weighted by atomic mass is 10.2. The van der Waals surface area contributed by atoms with Crippen LogP contribution in [0.5, 0.6) is 0 Å². The molecule has 0 radical (unpaired) electrons. The van der Waals surface area contributed by atoms with E-state index in [1.807, 2.05) is 6.92 Å². The second-order valence-electron chi connectivity index (χ2n) is 4.90. The van der Waals surface area contributed by atoms with Gasteiger partial charge in [0.2, 0.25) is 5.91 Å². The fourth-order valence-corrected chi connectivity index (χ4v) is 2.10. The normalized spacial score (nSPS) is 11.5. The standard InChI is InChI=1S/C15H17Cl2FN2O4/c1-3-4-19-14(22)8(2)20-13(21)7-24-15(23)9-5-12(18)11(17)6-10(9)16/h5-6,8H,3-4,7H2,1-2H3,(H,19,22)(H,20,21)/t8-/m0/s1. The van der Waals surface area contributed by atoms with Gasteiger partial charge in [0.1, 0.15) is 11.9 Å². The summed E-state index contributed by atoms with van der Waals surface area (Å²) in [4.78, 5) is 35.1. The molecule has 1 atom stereocenters. The maximum atomic E-state index is 13.4. The Labute approximate surface area is 148 Å². The average molecular weight is 379 g/mol. The van der Waals surface area contributed by atoms with Gasteiger partial charge in [-0.05, 0) is 25.5 Å². The van der Waals surface area contributed by atoms with E-state index >= 15 is 0 Å². The average Bonchev–Trinajstić information content (AvgIpc) is 2.53. The molecule has 0 aliphatic heterocycles. The zero-order valence-electron chi connectivity index (χ0n) is 13.1. The van der Waals surface area contributed by atoms with E-state index in [9.17, 15) is 18.8 Å². The molecule has 2 amide bonds. The number of carbonyl (C=O) groups excluding carboxylic acids is 3. The predicted octanol–water partition coefficient (Wildman–Crippen LogP) is 2.32. The summed E-state index contributed by atoms with van der Waals surface area (Å²) < 4.78 is 18.1. The summed E-state index contributed by atoms with van der Waals surface area (Å²) in [7, 11) is 0. The van der Waals surface area contributed by atoms with Crippen molar-refractivity contribution in [3.8, 4) is 0 Å². The summed E-state index contributed by atoms with van der Waals surface area (Å²) in [6.45, 7) is 3.25. The van der Waals surface area contributed by atoms with Crippen LogP contribution in [0, 0.1) is 5.82 Å². The van der Waals surface area contributed by atoms with Gasteiger partial charge in [-0.25, -0.2) is 9.18 Å². The topological polar surface area (TPSA) is 84.5 Å². The molecule has 2 N–H and O–H groups in total. The Balaban J connectivity index is 2.54. The fourth-order valence-electron chi connectivity index (χ4n) is 1.64. The summed E-state index contributed by atoms with van der Waals surface area (Å²) in [5.74, 6) is -2.83. The number of hydrogen-bond donors (Lipinski definition) is 2. The van der Waals surface area contributed by atoms with Crippen molar-refractivity contribution in [1.82, 2.24) is 10.6 Å². The third-order valence-electron chi connectivity index (χ3n) is 2.88. The second-order valence-corrected chi connectivity index (χ2v) is 5.72. The van der Waals surface area contributed by atoms with Crippen LogP contribution in [0.4, 0.5) is 4.39 Å². The zero-order valence-corrected chi connectivity index (χ0v) is 14.6. The minimum Gasteiger partial charge on any atom is -0.452 e. The maximum Gasteiger partial charge on any atom is 0.340 e. The molecule has 0 saturated heterocycles. The number of halogens is 3. The lowest BCUT2D eigenvalue weighted by molar-refractivity contribution is -0.130. The molecule has 0 aliphatic carbocycles. The minimum absolute atomic E-state index is 0.0980. The van der Waals surface area contributed by atoms with Gasteiger partial charge in [-0.15, -0.1) is 0 Å². The van der Waals surface area contributed by atoms with Crippen LogP contribution in [0.2, 0.25) is 10.0 Å². The largest absolute Gasteiger partial charge is 0.452 e. The van der Waals surface area contributed by atoms with Crippen LogP contribution in [0.1, 0.15) is 30.6 Å². The van der Waals surface area contributed by atoms with Gasteiger partial charge in [0, 0.05) is 6.54 Å². The SMILES string of the molecule is CCCNC(=O)[C@H](C)NC(=O)COC(=O)c1cc(F)c(Cl)cc1Cl. The molecule has 0 bridgehead atoms. The van der Waals surface area contributed by atoms with Crippen molar-refractivity contribution in [1.29, 1.82) is 0 Å². The number of benzene rings is 1. The van der Waals surface area contributed by atoms with E-state index in [1.165, 1.54) is 6.92 Å². The lowest BCUT2D eigenvalue weighted by Crippen LogP contribution is -2.46. The van der Waals surface area contributed by atoms with E-state index in [0.29, 0.717) is 6.54 Å². The van der Waals surface area contributed by atoms with Crippen LogP contribution in [0.3, 0.4) is 0 Å². The van der Waals surface area contributed by atoms with E-state index in [0.717, 1.165) is 18.6 Å². The van der Waals surface area contributed by atoms with Gasteiger partial charge in [0.15, 0.2) is 6.61 Å². The molecule has 0 aromatic heterocycles. The number of hydrogen-bond acceptors (Lipinski definition) is 4. The number of ether oxygens (including phenoxy) is 1. The first kappa shape index (κ1) is 20.2. The third-order valence-corrected chi connectivity index (χ3v) is 3.49. The van der Waals surface area contributed by atoms with Gasteiger partial charge in [0.05, 0.1) is 15.6 Å². The van der Waals surface area contributed by atoms with Gasteiger partial charge in [-0.1, -0.05) is 30.1 Å². The fraction of sp³-hybridized carbons (Fsp3) is 0.400. The molecule has 6 nitrogen and oxygen atoms in total. The molecule has 1 rings (SSSR count). The number of rotatable bonds is 7. The molecule has 0 heterocycles. The zero-order chi connectivity index (χ0) is 18.3. The van der Waals surface area contributed by atoms with Crippen LogP contribution in [-0.4, -0.2) is 37.0 Å². The van der Waals surface area contributed by atoms with Gasteiger partial charge >= 0.3 is 5.97 Å². The highest BCUT2D eigenvalue weighted by atomic mass is 35.5. The van der Waals surface area contributed by atoms with Gasteiger partial charge in [0.25, 0.3) is 5.91 Å². The first-order chi connectivity index (χ1) is 11.3. The summed E-state index contributed by atoms with van der Waals surface area (Å²) in [5.41, 5.74) is -0.250. The Hall–Kier alpha value is -1.86. The molecule has 0 spiro atoms. The summed E-state index contributed by atoms with van der Waals surface area (Å²) in [5, 5.41) is 4.66. The number of nitrogens with one attached hydrogen (secondary N) is 2. The van der Waals surface area contributed by atoms with Crippen molar-refractivity contribution in [3.05, 3.63) is 33.6 Å². The van der Waals surface area contributed by atoms with Crippen LogP contribution in [0.15, 0.2) is 12.1 Å². The Bertz CT molecular complexity index is 640. The highest BCUT2D eigenvalue weighted by Crippen LogP contribution is 2.24. The molecule has 0 saturated carbocycles. The van der Waals surface area contributed by atoms with E-state index in [2.05, 4.69) is 10.6 Å². The Morgan fingerprint density at radius 2 is 1.92 bits per heavy atom. The first-order valence-corrected chi connectivity index (χ1v) is 7.90. The second kappa shape index (κ2) is 9.44. The van der Waals surface area contributed by atoms with Gasteiger partial charge in [-0.2, -0.15) is 0 Å². The monoisotopic (exact) mass is 378 g/mol. The van der Waals surface area contributed by atoms with Crippen LogP contribution < -0.4 is 10.6 Å². The van der Waals surface area contributed by atoms with Crippen molar-refractivity contribution < 1.29 is 23.5 Å². The molecule has 0 unspecified atom stereocenters. The van der Waals surface area contributed by atoms with Gasteiger partial charge in [-0.3, -0.25) is 9.59 Å². The minimum atomic E-state index is -0.978. The highest BCUT2D eigenvalue weighted by molar-refractivity contribution is 6.36. The van der Waals surface area contributed by atoms with Gasteiger partial charge < -0.3 is 15.4 Å². The van der Waals surface area contributed by atoms with E-state index in [-0.39, 0.29) is 21.5 Å². The highest BCUT2D eigenvalue weighted by Gasteiger charge is 2.19. The maximum absolute atomic E-state index is 13.4. The summed E-state index contributed by atoms with van der Waals surface area (Å²) in [6, 6.07) is 1.11. The van der Waals surface area contributed by atoms with Crippen molar-refractivity contribution in [2.45, 2.75) is 26.3 Å². The molecule has 0 aliphatic rings. The first-order valence-electron chi connectivity index (χ1n) is 7.15. The van der Waals surface area contributed by atoms with Crippen LogP contribution in [-0.2, 0) is 14.3 Å². The molecule has 1 aromatic carbocycles. The molecular formula is C15H17Cl2FN2O4. The van der Waals surface area contributed by atoms with Crippen molar-refractivity contribution in [2.24, 2.45) is 0 Å². The lowest BCUT2D eigenvalue weighted by Gasteiger charge is -2.14. The molecular weight excluding hydrogens is 362 g/mol. The molecule has 132 valence electrons. The molecule has 24 heavy (non-hydrogen) atoms. The quantitative estimate of drug-likeness (QED) is 0.563. The smallest absolute Gasteiger partial charge is 0.340 e. The van der Waals surface area contributed by atoms with Crippen LogP contribution >= 0.6 is 23.2 Å². The predicted molar refractivity (Wildman–Crippen MR) is 87.6 cm³/mol. The Kier molecular flexibility index (Phi) is 7.94. The summed E-state index contributed by atoms with van der Waals surface area (Å²) in [6.07, 6.45) is 0.766. The van der Waals surface area contributed by atoms with Crippen molar-refractivity contribution >= 4 is 41.0 Å². The molecule has 0 fully saturated rings. The summed E-state index contributed by atoms with van der Waals surface area (Å²) >= 11 is 11.3. The molecule has 9 heteroatoms. The Morgan fingerprint density at radius 3 is 2.54 bits per heavy atom. The molecule has 1 aromatic rings. The number of carbonyl (C=O) groups is 3. The van der Waals surface area contributed by atoms with Crippen molar-refractivity contribution in [3.63, 3.8) is 0 Å².